The maximum absolute atomic E-state index is 12.6. The van der Waals surface area contributed by atoms with Crippen LogP contribution in [0.1, 0.15) is 27.0 Å². The van der Waals surface area contributed by atoms with Gasteiger partial charge in [-0.3, -0.25) is 4.79 Å². The van der Waals surface area contributed by atoms with E-state index in [9.17, 15) is 4.79 Å². The lowest BCUT2D eigenvalue weighted by atomic mass is 9.90. The second kappa shape index (κ2) is 8.87. The van der Waals surface area contributed by atoms with E-state index in [4.69, 9.17) is 27.9 Å². The lowest BCUT2D eigenvalue weighted by molar-refractivity contribution is -0.138. The number of hydrogen-bond acceptors (Lipinski definition) is 4. The van der Waals surface area contributed by atoms with Crippen molar-refractivity contribution in [3.05, 3.63) is 65.4 Å². The van der Waals surface area contributed by atoms with Crippen LogP contribution in [0.15, 0.2) is 55.4 Å². The van der Waals surface area contributed by atoms with Crippen LogP contribution in [0.3, 0.4) is 0 Å². The standard InChI is InChI=1S/C14H15Cl2N3O2.C4H5N/c1-14(2,3)12(20)13(19-8-17-7-18-19)21-11-5-4-9(15)6-10(11)16;1-2-4-5-3-1/h4-8,13H,1-3H3;1-5H. The van der Waals surface area contributed by atoms with E-state index in [1.807, 2.05) is 45.3 Å². The summed E-state index contributed by atoms with van der Waals surface area (Å²) in [5.41, 5.74) is -0.602. The number of nitrogens with one attached hydrogen (secondary N) is 1. The van der Waals surface area contributed by atoms with Gasteiger partial charge in [0.15, 0.2) is 0 Å². The summed E-state index contributed by atoms with van der Waals surface area (Å²) in [5.74, 6) is 0.221. The second-order valence-corrected chi connectivity index (χ2v) is 7.26. The summed E-state index contributed by atoms with van der Waals surface area (Å²) >= 11 is 11.9. The van der Waals surface area contributed by atoms with Crippen LogP contribution in [-0.4, -0.2) is 25.5 Å². The molecule has 3 aromatic rings. The van der Waals surface area contributed by atoms with Crippen molar-refractivity contribution in [1.29, 1.82) is 0 Å². The number of aromatic amines is 1. The normalized spacial score (nSPS) is 12.0. The van der Waals surface area contributed by atoms with Crippen molar-refractivity contribution >= 4 is 29.0 Å². The summed E-state index contributed by atoms with van der Waals surface area (Å²) in [5, 5.41) is 4.81. The van der Waals surface area contributed by atoms with Gasteiger partial charge >= 0.3 is 0 Å². The Morgan fingerprint density at radius 2 is 1.92 bits per heavy atom. The molecule has 0 saturated heterocycles. The van der Waals surface area contributed by atoms with Gasteiger partial charge in [0.05, 0.1) is 5.02 Å². The topological polar surface area (TPSA) is 72.8 Å². The molecule has 0 aliphatic heterocycles. The van der Waals surface area contributed by atoms with E-state index in [1.165, 1.54) is 17.3 Å². The van der Waals surface area contributed by atoms with E-state index >= 15 is 0 Å². The minimum Gasteiger partial charge on any atom is -0.460 e. The van der Waals surface area contributed by atoms with Gasteiger partial charge in [-0.25, -0.2) is 9.67 Å². The van der Waals surface area contributed by atoms with Gasteiger partial charge in [-0.05, 0) is 30.3 Å². The highest BCUT2D eigenvalue weighted by atomic mass is 35.5. The Labute approximate surface area is 162 Å². The first-order valence-corrected chi connectivity index (χ1v) is 8.62. The van der Waals surface area contributed by atoms with Crippen molar-refractivity contribution in [2.45, 2.75) is 27.0 Å². The fourth-order valence-corrected chi connectivity index (χ4v) is 2.36. The van der Waals surface area contributed by atoms with Crippen LogP contribution >= 0.6 is 23.2 Å². The van der Waals surface area contributed by atoms with Crippen molar-refractivity contribution in [1.82, 2.24) is 19.7 Å². The zero-order valence-electron chi connectivity index (χ0n) is 14.7. The highest BCUT2D eigenvalue weighted by Crippen LogP contribution is 2.32. The van der Waals surface area contributed by atoms with Gasteiger partial charge in [-0.1, -0.05) is 44.0 Å². The zero-order valence-corrected chi connectivity index (χ0v) is 16.2. The Bertz CT molecular complexity index is 795. The van der Waals surface area contributed by atoms with Crippen molar-refractivity contribution in [3.8, 4) is 5.75 Å². The van der Waals surface area contributed by atoms with E-state index in [0.717, 1.165) is 0 Å². The predicted octanol–water partition coefficient (Wildman–Crippen LogP) is 4.79. The number of nitrogens with zero attached hydrogens (tertiary/aromatic N) is 3. The number of rotatable bonds is 4. The second-order valence-electron chi connectivity index (χ2n) is 6.42. The molecule has 8 heteroatoms. The number of hydrogen-bond donors (Lipinski definition) is 1. The SMILES string of the molecule is CC(C)(C)C(=O)C(Oc1ccc(Cl)cc1Cl)n1cncn1.c1cc[nH]c1. The predicted molar refractivity (Wildman–Crippen MR) is 101 cm³/mol. The van der Waals surface area contributed by atoms with Gasteiger partial charge in [0, 0.05) is 22.8 Å². The van der Waals surface area contributed by atoms with Gasteiger partial charge in [-0.15, -0.1) is 0 Å². The largest absolute Gasteiger partial charge is 0.460 e. The van der Waals surface area contributed by atoms with Gasteiger partial charge in [-0.2, -0.15) is 5.10 Å². The molecule has 0 spiro atoms. The Kier molecular flexibility index (Phi) is 6.83. The van der Waals surface area contributed by atoms with E-state index in [2.05, 4.69) is 15.1 Å². The molecule has 2 heterocycles. The lowest BCUT2D eigenvalue weighted by Gasteiger charge is -2.25. The van der Waals surface area contributed by atoms with Gasteiger partial charge in [0.1, 0.15) is 18.4 Å². The number of benzene rings is 1. The molecule has 2 aromatic heterocycles. The highest BCUT2D eigenvalue weighted by molar-refractivity contribution is 6.35. The summed E-state index contributed by atoms with van der Waals surface area (Å²) < 4.78 is 7.11. The minimum absolute atomic E-state index is 0.140. The van der Waals surface area contributed by atoms with Gasteiger partial charge in [0.2, 0.25) is 5.78 Å². The molecule has 0 bridgehead atoms. The molecule has 0 amide bonds. The molecular weight excluding hydrogens is 375 g/mol. The Balaban J connectivity index is 0.000000417. The number of carbonyl (C=O) groups is 1. The number of ketones is 1. The average Bonchev–Trinajstić information content (AvgIpc) is 3.29. The smallest absolute Gasteiger partial charge is 0.252 e. The fraction of sp³-hybridized carbons (Fsp3) is 0.278. The molecule has 138 valence electrons. The molecule has 0 saturated carbocycles. The summed E-state index contributed by atoms with van der Waals surface area (Å²) in [6, 6.07) is 8.70. The average molecular weight is 395 g/mol. The number of aromatic nitrogens is 4. The Morgan fingerprint density at radius 1 is 1.23 bits per heavy atom. The van der Waals surface area contributed by atoms with Crippen LogP contribution < -0.4 is 4.74 Å². The monoisotopic (exact) mass is 394 g/mol. The Morgan fingerprint density at radius 3 is 2.38 bits per heavy atom. The van der Waals surface area contributed by atoms with Crippen LogP contribution in [0.25, 0.3) is 0 Å². The number of carbonyl (C=O) groups excluding carboxylic acids is 1. The molecule has 0 aliphatic carbocycles. The molecule has 1 aromatic carbocycles. The molecular formula is C18H20Cl2N4O2. The summed E-state index contributed by atoms with van der Waals surface area (Å²) in [6.45, 7) is 5.43. The summed E-state index contributed by atoms with van der Waals surface area (Å²) in [7, 11) is 0. The molecule has 1 N–H and O–H groups in total. The number of Topliss-reactive ketones (excluding diaryl/α,β-unsaturated/α-hetero) is 1. The van der Waals surface area contributed by atoms with Crippen molar-refractivity contribution in [2.75, 3.05) is 0 Å². The number of halogens is 2. The lowest BCUT2D eigenvalue weighted by Crippen LogP contribution is -2.34. The quantitative estimate of drug-likeness (QED) is 0.689. The van der Waals surface area contributed by atoms with Crippen molar-refractivity contribution < 1.29 is 9.53 Å². The maximum atomic E-state index is 12.6. The summed E-state index contributed by atoms with van der Waals surface area (Å²) in [6.07, 6.45) is 5.58. The Hall–Kier alpha value is -2.31. The minimum atomic E-state index is -0.939. The third-order valence-corrected chi connectivity index (χ3v) is 3.80. The first-order chi connectivity index (χ1) is 12.3. The van der Waals surface area contributed by atoms with Crippen LogP contribution in [0, 0.1) is 5.41 Å². The van der Waals surface area contributed by atoms with E-state index in [1.54, 1.807) is 18.2 Å². The van der Waals surface area contributed by atoms with E-state index < -0.39 is 11.6 Å². The van der Waals surface area contributed by atoms with E-state index in [0.29, 0.717) is 15.8 Å². The van der Waals surface area contributed by atoms with E-state index in [-0.39, 0.29) is 5.78 Å². The van der Waals surface area contributed by atoms with Crippen LogP contribution in [0.4, 0.5) is 0 Å². The number of ether oxygens (including phenoxy) is 1. The zero-order chi connectivity index (χ0) is 19.2. The molecule has 3 rings (SSSR count). The van der Waals surface area contributed by atoms with Crippen LogP contribution in [-0.2, 0) is 4.79 Å². The molecule has 0 radical (unpaired) electrons. The molecule has 1 unspecified atom stereocenters. The maximum Gasteiger partial charge on any atom is 0.252 e. The molecule has 26 heavy (non-hydrogen) atoms. The molecule has 0 fully saturated rings. The molecule has 0 aliphatic rings. The fourth-order valence-electron chi connectivity index (χ4n) is 1.91. The van der Waals surface area contributed by atoms with Gasteiger partial charge < -0.3 is 9.72 Å². The van der Waals surface area contributed by atoms with Gasteiger partial charge in [0.25, 0.3) is 6.23 Å². The van der Waals surface area contributed by atoms with Crippen LogP contribution in [0.2, 0.25) is 10.0 Å². The van der Waals surface area contributed by atoms with Crippen molar-refractivity contribution in [2.24, 2.45) is 5.41 Å². The van der Waals surface area contributed by atoms with Crippen LogP contribution in [0.5, 0.6) is 5.75 Å². The molecule has 6 nitrogen and oxygen atoms in total. The summed E-state index contributed by atoms with van der Waals surface area (Å²) in [4.78, 5) is 19.3. The first-order valence-electron chi connectivity index (χ1n) is 7.87. The highest BCUT2D eigenvalue weighted by Gasteiger charge is 2.33. The third kappa shape index (κ3) is 5.61. The molecule has 1 atom stereocenters. The van der Waals surface area contributed by atoms with Crippen molar-refractivity contribution in [3.63, 3.8) is 0 Å². The first kappa shape index (κ1) is 20.0. The number of H-pyrrole nitrogens is 1. The third-order valence-electron chi connectivity index (χ3n) is 3.27.